The number of anilines is 1. The summed E-state index contributed by atoms with van der Waals surface area (Å²) in [5.41, 5.74) is -2.77. The molecule has 0 saturated heterocycles. The second kappa shape index (κ2) is 16.1. The lowest BCUT2D eigenvalue weighted by atomic mass is 10.1. The Labute approximate surface area is 291 Å². The molecule has 51 heavy (non-hydrogen) atoms. The van der Waals surface area contributed by atoms with E-state index >= 15 is 8.78 Å². The Morgan fingerprint density at radius 1 is 1.04 bits per heavy atom. The van der Waals surface area contributed by atoms with Gasteiger partial charge in [-0.15, -0.1) is 0 Å². The maximum atomic E-state index is 15.5. The molecule has 4 aromatic rings. The number of rotatable bonds is 11. The number of carbonyl (C=O) groups is 4. The molecule has 2 aromatic heterocycles. The lowest BCUT2D eigenvalue weighted by Gasteiger charge is -2.21. The first-order valence-corrected chi connectivity index (χ1v) is 15.7. The van der Waals surface area contributed by atoms with E-state index in [0.717, 1.165) is 16.2 Å². The Kier molecular flexibility index (Phi) is 11.9. The van der Waals surface area contributed by atoms with Gasteiger partial charge in [0.2, 0.25) is 11.8 Å². The van der Waals surface area contributed by atoms with Gasteiger partial charge >= 0.3 is 12.2 Å². The first kappa shape index (κ1) is 37.8. The molecule has 1 unspecified atom stereocenters. The Hall–Kier alpha value is -6.06. The van der Waals surface area contributed by atoms with E-state index in [1.165, 1.54) is 29.3 Å². The summed E-state index contributed by atoms with van der Waals surface area (Å²) < 4.78 is 48.5. The van der Waals surface area contributed by atoms with Gasteiger partial charge in [-0.1, -0.05) is 24.3 Å². The molecule has 0 aliphatic rings. The van der Waals surface area contributed by atoms with Crippen LogP contribution < -0.4 is 20.9 Å². The smallest absolute Gasteiger partial charge is 0.420 e. The van der Waals surface area contributed by atoms with Gasteiger partial charge in [-0.05, 0) is 64.0 Å². The molecule has 0 bridgehead atoms. The van der Waals surface area contributed by atoms with Crippen molar-refractivity contribution < 1.29 is 42.2 Å². The van der Waals surface area contributed by atoms with Gasteiger partial charge in [0.05, 0.1) is 13.7 Å². The molecule has 0 aliphatic carbocycles. The molecule has 4 rings (SSSR count). The number of likely N-dealkylation sites (N-methyl/N-ethyl adjacent to an activating group) is 1. The average Bonchev–Trinajstić information content (AvgIpc) is 3.45. The molecule has 0 radical (unpaired) electrons. The van der Waals surface area contributed by atoms with Crippen LogP contribution >= 0.6 is 0 Å². The standard InChI is InChI=1S/C35H38F2N6O8/c1-35(2,3)51-34(48)43-26(40-28-29(43)22(36)19-23(37)30(28)50-21-13-8-7-9-14-21)20-42-18-12-16-25(32(42)46)38-31(45)24(39-33(47)49-6)15-10-11-17-27(44)41(4)5/h7-9,11-14,16-19,24H,10,15,20H2,1-6H3,(H,38,45)(H,39,47)/b17-11+. The number of benzene rings is 2. The van der Waals surface area contributed by atoms with Gasteiger partial charge < -0.3 is 34.3 Å². The van der Waals surface area contributed by atoms with Crippen LogP contribution in [0.25, 0.3) is 11.0 Å². The van der Waals surface area contributed by atoms with Crippen molar-refractivity contribution in [3.8, 4) is 11.5 Å². The zero-order valence-corrected chi connectivity index (χ0v) is 28.9. The van der Waals surface area contributed by atoms with Crippen molar-refractivity contribution in [3.05, 3.63) is 94.7 Å². The van der Waals surface area contributed by atoms with Gasteiger partial charge in [0.25, 0.3) is 5.56 Å². The summed E-state index contributed by atoms with van der Waals surface area (Å²) in [7, 11) is 4.28. The number of fused-ring (bicyclic) bond motifs is 1. The van der Waals surface area contributed by atoms with Crippen molar-refractivity contribution in [3.63, 3.8) is 0 Å². The summed E-state index contributed by atoms with van der Waals surface area (Å²) in [6, 6.07) is 10.3. The van der Waals surface area contributed by atoms with Gasteiger partial charge in [0, 0.05) is 26.4 Å². The number of pyridine rings is 1. The number of halogens is 2. The molecule has 16 heteroatoms. The van der Waals surface area contributed by atoms with Crippen molar-refractivity contribution in [2.45, 2.75) is 51.8 Å². The summed E-state index contributed by atoms with van der Waals surface area (Å²) in [6.07, 6.45) is 2.53. The molecule has 2 heterocycles. The lowest BCUT2D eigenvalue weighted by molar-refractivity contribution is -0.123. The molecule has 1 atom stereocenters. The summed E-state index contributed by atoms with van der Waals surface area (Å²) >= 11 is 0. The third kappa shape index (κ3) is 9.55. The monoisotopic (exact) mass is 708 g/mol. The molecule has 270 valence electrons. The second-order valence-electron chi connectivity index (χ2n) is 12.4. The molecule has 0 spiro atoms. The largest absolute Gasteiger partial charge is 0.453 e. The highest BCUT2D eigenvalue weighted by atomic mass is 19.1. The molecule has 14 nitrogen and oxygen atoms in total. The normalized spacial score (nSPS) is 12.0. The number of imidazole rings is 1. The number of nitrogens with zero attached hydrogens (tertiary/aromatic N) is 4. The predicted molar refractivity (Wildman–Crippen MR) is 183 cm³/mol. The highest BCUT2D eigenvalue weighted by Crippen LogP contribution is 2.35. The molecule has 0 aliphatic heterocycles. The first-order chi connectivity index (χ1) is 24.1. The molecule has 2 aromatic carbocycles. The number of allylic oxidation sites excluding steroid dienone is 1. The van der Waals surface area contributed by atoms with Crippen LogP contribution in [0.2, 0.25) is 0 Å². The van der Waals surface area contributed by atoms with E-state index < -0.39 is 64.7 Å². The van der Waals surface area contributed by atoms with Gasteiger partial charge in [-0.2, -0.15) is 0 Å². The van der Waals surface area contributed by atoms with E-state index in [9.17, 15) is 24.0 Å². The van der Waals surface area contributed by atoms with E-state index in [0.29, 0.717) is 6.07 Å². The van der Waals surface area contributed by atoms with Crippen molar-refractivity contribution in [1.29, 1.82) is 0 Å². The fraction of sp³-hybridized carbons (Fsp3) is 0.314. The SMILES string of the molecule is COC(=O)NC(CC/C=C/C(=O)N(C)C)C(=O)Nc1cccn(Cc2nc3c(Oc4ccccc4)c(F)cc(F)c3n2C(=O)OC(C)(C)C)c1=O. The summed E-state index contributed by atoms with van der Waals surface area (Å²) in [6.45, 7) is 4.34. The number of amides is 3. The maximum Gasteiger partial charge on any atom is 0.420 e. The van der Waals surface area contributed by atoms with Crippen molar-refractivity contribution >= 4 is 40.7 Å². The molecule has 0 saturated carbocycles. The van der Waals surface area contributed by atoms with Crippen LogP contribution in [0.3, 0.4) is 0 Å². The minimum absolute atomic E-state index is 0.0502. The number of hydrogen-bond donors (Lipinski definition) is 2. The number of para-hydroxylation sites is 1. The minimum atomic E-state index is -1.16. The van der Waals surface area contributed by atoms with Gasteiger partial charge in [-0.25, -0.2) is 27.9 Å². The Morgan fingerprint density at radius 3 is 2.39 bits per heavy atom. The van der Waals surface area contributed by atoms with Crippen molar-refractivity contribution in [2.75, 3.05) is 26.5 Å². The number of ether oxygens (including phenoxy) is 3. The van der Waals surface area contributed by atoms with Crippen molar-refractivity contribution in [1.82, 2.24) is 24.3 Å². The van der Waals surface area contributed by atoms with E-state index in [2.05, 4.69) is 20.4 Å². The van der Waals surface area contributed by atoms with Crippen LogP contribution in [-0.4, -0.2) is 75.9 Å². The maximum absolute atomic E-state index is 15.5. The van der Waals surface area contributed by atoms with Gasteiger partial charge in [0.15, 0.2) is 17.4 Å². The van der Waals surface area contributed by atoms with E-state index in [-0.39, 0.29) is 41.5 Å². The lowest BCUT2D eigenvalue weighted by Crippen LogP contribution is -2.44. The van der Waals surface area contributed by atoms with E-state index in [1.54, 1.807) is 71.3 Å². The summed E-state index contributed by atoms with van der Waals surface area (Å²) in [5.74, 6) is -3.70. The van der Waals surface area contributed by atoms with Crippen LogP contribution in [0, 0.1) is 11.6 Å². The number of nitrogens with one attached hydrogen (secondary N) is 2. The number of hydrogen-bond acceptors (Lipinski definition) is 9. The topological polar surface area (TPSA) is 163 Å². The number of alkyl carbamates (subject to hydrolysis) is 1. The van der Waals surface area contributed by atoms with E-state index in [4.69, 9.17) is 9.47 Å². The van der Waals surface area contributed by atoms with Gasteiger partial charge in [-0.3, -0.25) is 14.4 Å². The van der Waals surface area contributed by atoms with Crippen LogP contribution in [0.4, 0.5) is 24.1 Å². The third-order valence-electron chi connectivity index (χ3n) is 7.10. The van der Waals surface area contributed by atoms with Crippen LogP contribution in [0.1, 0.15) is 39.4 Å². The van der Waals surface area contributed by atoms with Gasteiger partial charge in [0.1, 0.15) is 39.9 Å². The number of carbonyl (C=O) groups excluding carboxylic acids is 4. The average molecular weight is 709 g/mol. The molecular formula is C35H38F2N6O8. The van der Waals surface area contributed by atoms with Crippen LogP contribution in [0.15, 0.2) is 71.7 Å². The second-order valence-corrected chi connectivity index (χ2v) is 12.4. The minimum Gasteiger partial charge on any atom is -0.453 e. The van der Waals surface area contributed by atoms with Crippen LogP contribution in [0.5, 0.6) is 11.5 Å². The number of methoxy groups -OCH3 is 1. The Balaban J connectivity index is 1.71. The molecule has 0 fully saturated rings. The highest BCUT2D eigenvalue weighted by Gasteiger charge is 2.29. The quantitative estimate of drug-likeness (QED) is 0.200. The summed E-state index contributed by atoms with van der Waals surface area (Å²) in [4.78, 5) is 70.0. The predicted octanol–water partition coefficient (Wildman–Crippen LogP) is 5.19. The first-order valence-electron chi connectivity index (χ1n) is 15.7. The number of aromatic nitrogens is 3. The molecular weight excluding hydrogens is 670 g/mol. The Morgan fingerprint density at radius 2 is 1.75 bits per heavy atom. The van der Waals surface area contributed by atoms with Crippen LogP contribution in [-0.2, 0) is 25.6 Å². The van der Waals surface area contributed by atoms with Crippen molar-refractivity contribution in [2.24, 2.45) is 0 Å². The zero-order chi connectivity index (χ0) is 37.5. The zero-order valence-electron chi connectivity index (χ0n) is 28.9. The summed E-state index contributed by atoms with van der Waals surface area (Å²) in [5, 5.41) is 4.89. The fourth-order valence-electron chi connectivity index (χ4n) is 4.71. The third-order valence-corrected chi connectivity index (χ3v) is 7.10. The molecule has 2 N–H and O–H groups in total. The molecule has 3 amide bonds. The fourth-order valence-corrected chi connectivity index (χ4v) is 4.71. The van der Waals surface area contributed by atoms with E-state index in [1.807, 2.05) is 0 Å². The highest BCUT2D eigenvalue weighted by molar-refractivity contribution is 5.96. The Bertz CT molecular complexity index is 2020.